The molecule has 0 radical (unpaired) electrons. The predicted molar refractivity (Wildman–Crippen MR) is 112 cm³/mol. The van der Waals surface area contributed by atoms with Gasteiger partial charge in [0.2, 0.25) is 5.91 Å². The minimum Gasteiger partial charge on any atom is -0.302 e. The van der Waals surface area contributed by atoms with Crippen LogP contribution in [0.25, 0.3) is 21.0 Å². The highest BCUT2D eigenvalue weighted by Crippen LogP contribution is 2.32. The Kier molecular flexibility index (Phi) is 4.91. The highest BCUT2D eigenvalue weighted by Gasteiger charge is 2.10. The Morgan fingerprint density at radius 3 is 2.73 bits per heavy atom. The van der Waals surface area contributed by atoms with E-state index in [1.54, 1.807) is 11.8 Å². The molecule has 0 spiro atoms. The second-order valence-electron chi connectivity index (χ2n) is 6.11. The van der Waals surface area contributed by atoms with Crippen molar-refractivity contribution in [2.45, 2.75) is 18.2 Å². The Balaban J connectivity index is 1.41. The summed E-state index contributed by atoms with van der Waals surface area (Å²) >= 11 is 3.23. The van der Waals surface area contributed by atoms with E-state index < -0.39 is 0 Å². The van der Waals surface area contributed by atoms with Crippen LogP contribution in [0, 0.1) is 6.92 Å². The molecule has 1 heterocycles. The number of benzene rings is 3. The van der Waals surface area contributed by atoms with Gasteiger partial charge in [0, 0.05) is 22.5 Å². The highest BCUT2D eigenvalue weighted by atomic mass is 32.2. The molecule has 1 amide bonds. The minimum absolute atomic E-state index is 0.00738. The number of amides is 1. The van der Waals surface area contributed by atoms with Crippen molar-refractivity contribution in [3.05, 3.63) is 66.2 Å². The fourth-order valence-corrected chi connectivity index (χ4v) is 4.66. The normalized spacial score (nSPS) is 11.1. The molecular weight excluding hydrogens is 360 g/mol. The van der Waals surface area contributed by atoms with Gasteiger partial charge in [-0.25, -0.2) is 4.98 Å². The van der Waals surface area contributed by atoms with Crippen molar-refractivity contribution in [2.75, 3.05) is 11.1 Å². The molecule has 3 nitrogen and oxygen atoms in total. The highest BCUT2D eigenvalue weighted by molar-refractivity contribution is 7.99. The Bertz CT molecular complexity index is 1070. The van der Waals surface area contributed by atoms with Crippen molar-refractivity contribution in [3.8, 4) is 0 Å². The molecule has 1 aromatic heterocycles. The third kappa shape index (κ3) is 3.74. The molecule has 0 atom stereocenters. The summed E-state index contributed by atoms with van der Waals surface area (Å²) in [5, 5.41) is 5.98. The summed E-state index contributed by atoms with van der Waals surface area (Å²) in [7, 11) is 0. The zero-order chi connectivity index (χ0) is 17.9. The summed E-state index contributed by atoms with van der Waals surface area (Å²) in [6.45, 7) is 2.07. The Morgan fingerprint density at radius 1 is 1.08 bits per heavy atom. The maximum Gasteiger partial charge on any atom is 0.226 e. The molecular formula is C21H18N2OS2. The SMILES string of the molecule is Cc1ccc(SCCC(=O)Nc2nc3ccc4ccccc4c3s2)cc1. The van der Waals surface area contributed by atoms with Gasteiger partial charge in [0.15, 0.2) is 5.13 Å². The maximum atomic E-state index is 12.2. The van der Waals surface area contributed by atoms with E-state index >= 15 is 0 Å². The van der Waals surface area contributed by atoms with Crippen molar-refractivity contribution in [2.24, 2.45) is 0 Å². The molecule has 130 valence electrons. The summed E-state index contributed by atoms with van der Waals surface area (Å²) in [6.07, 6.45) is 0.467. The lowest BCUT2D eigenvalue weighted by Gasteiger charge is -2.02. The Hall–Kier alpha value is -2.37. The molecule has 3 aromatic carbocycles. The summed E-state index contributed by atoms with van der Waals surface area (Å²) in [5.74, 6) is 0.760. The van der Waals surface area contributed by atoms with Gasteiger partial charge in [0.25, 0.3) is 0 Å². The van der Waals surface area contributed by atoms with Gasteiger partial charge >= 0.3 is 0 Å². The van der Waals surface area contributed by atoms with Crippen molar-refractivity contribution in [1.82, 2.24) is 4.98 Å². The van der Waals surface area contributed by atoms with E-state index in [0.29, 0.717) is 11.6 Å². The number of carbonyl (C=O) groups is 1. The second-order valence-corrected chi connectivity index (χ2v) is 8.28. The van der Waals surface area contributed by atoms with Gasteiger partial charge in [-0.1, -0.05) is 59.4 Å². The molecule has 1 N–H and O–H groups in total. The summed E-state index contributed by atoms with van der Waals surface area (Å²) < 4.78 is 1.12. The lowest BCUT2D eigenvalue weighted by atomic mass is 10.1. The van der Waals surface area contributed by atoms with Crippen molar-refractivity contribution < 1.29 is 4.79 Å². The molecule has 0 unspecified atom stereocenters. The number of fused-ring (bicyclic) bond motifs is 3. The molecule has 4 aromatic rings. The Labute approximate surface area is 160 Å². The van der Waals surface area contributed by atoms with Gasteiger partial charge in [-0.15, -0.1) is 11.8 Å². The van der Waals surface area contributed by atoms with E-state index in [4.69, 9.17) is 0 Å². The molecule has 0 bridgehead atoms. The topological polar surface area (TPSA) is 42.0 Å². The van der Waals surface area contributed by atoms with Crippen LogP contribution in [0.2, 0.25) is 0 Å². The average Bonchev–Trinajstić information content (AvgIpc) is 3.06. The van der Waals surface area contributed by atoms with Gasteiger partial charge in [-0.2, -0.15) is 0 Å². The van der Waals surface area contributed by atoms with Crippen molar-refractivity contribution in [3.63, 3.8) is 0 Å². The molecule has 5 heteroatoms. The largest absolute Gasteiger partial charge is 0.302 e. The van der Waals surface area contributed by atoms with Crippen LogP contribution in [0.15, 0.2) is 65.6 Å². The number of nitrogens with zero attached hydrogens (tertiary/aromatic N) is 1. The third-order valence-corrected chi connectivity index (χ3v) is 6.18. The lowest BCUT2D eigenvalue weighted by Crippen LogP contribution is -2.11. The van der Waals surface area contributed by atoms with Crippen LogP contribution >= 0.6 is 23.1 Å². The predicted octanol–water partition coefficient (Wildman–Crippen LogP) is 5.88. The first-order valence-electron chi connectivity index (χ1n) is 8.47. The van der Waals surface area contributed by atoms with Crippen LogP contribution in [0.4, 0.5) is 5.13 Å². The molecule has 0 fully saturated rings. The number of thioether (sulfide) groups is 1. The Morgan fingerprint density at radius 2 is 1.88 bits per heavy atom. The van der Waals surface area contributed by atoms with Crippen LogP contribution in [-0.4, -0.2) is 16.6 Å². The number of anilines is 1. The summed E-state index contributed by atoms with van der Waals surface area (Å²) in [5.41, 5.74) is 2.17. The fourth-order valence-electron chi connectivity index (χ4n) is 2.79. The van der Waals surface area contributed by atoms with E-state index in [1.165, 1.54) is 32.6 Å². The number of hydrogen-bond acceptors (Lipinski definition) is 4. The van der Waals surface area contributed by atoms with E-state index in [9.17, 15) is 4.79 Å². The van der Waals surface area contributed by atoms with Gasteiger partial charge in [0.1, 0.15) is 0 Å². The monoisotopic (exact) mass is 378 g/mol. The lowest BCUT2D eigenvalue weighted by molar-refractivity contribution is -0.115. The number of thiazole rings is 1. The smallest absolute Gasteiger partial charge is 0.226 e. The number of nitrogens with one attached hydrogen (secondary N) is 1. The first-order valence-corrected chi connectivity index (χ1v) is 10.3. The van der Waals surface area contributed by atoms with Gasteiger partial charge in [-0.3, -0.25) is 4.79 Å². The van der Waals surface area contributed by atoms with Gasteiger partial charge < -0.3 is 5.32 Å². The van der Waals surface area contributed by atoms with Crippen LogP contribution in [-0.2, 0) is 4.79 Å². The van der Waals surface area contributed by atoms with E-state index in [-0.39, 0.29) is 5.91 Å². The quantitative estimate of drug-likeness (QED) is 0.441. The zero-order valence-electron chi connectivity index (χ0n) is 14.4. The average molecular weight is 379 g/mol. The van der Waals surface area contributed by atoms with Crippen LogP contribution < -0.4 is 5.32 Å². The van der Waals surface area contributed by atoms with Gasteiger partial charge in [-0.05, 0) is 30.5 Å². The number of carbonyl (C=O) groups excluding carboxylic acids is 1. The van der Waals surface area contributed by atoms with Gasteiger partial charge in [0.05, 0.1) is 10.2 Å². The third-order valence-electron chi connectivity index (χ3n) is 4.14. The molecule has 0 aliphatic rings. The number of rotatable bonds is 5. The molecule has 0 saturated heterocycles. The first kappa shape index (κ1) is 17.1. The van der Waals surface area contributed by atoms with Crippen LogP contribution in [0.1, 0.15) is 12.0 Å². The van der Waals surface area contributed by atoms with Crippen molar-refractivity contribution >= 4 is 55.1 Å². The molecule has 26 heavy (non-hydrogen) atoms. The molecule has 0 saturated carbocycles. The summed E-state index contributed by atoms with van der Waals surface area (Å²) in [6, 6.07) is 20.7. The minimum atomic E-state index is 0.00738. The molecule has 4 rings (SSSR count). The molecule has 0 aliphatic heterocycles. The standard InChI is InChI=1S/C21H18N2OS2/c1-14-6-9-16(10-7-14)25-13-12-19(24)23-21-22-18-11-8-15-4-2-3-5-17(15)20(18)26-21/h2-11H,12-13H2,1H3,(H,22,23,24). The number of aryl methyl sites for hydroxylation is 1. The van der Waals surface area contributed by atoms with E-state index in [0.717, 1.165) is 16.0 Å². The second kappa shape index (κ2) is 7.48. The van der Waals surface area contributed by atoms with Crippen molar-refractivity contribution in [1.29, 1.82) is 0 Å². The van der Waals surface area contributed by atoms with E-state index in [2.05, 4.69) is 59.7 Å². The van der Waals surface area contributed by atoms with Crippen LogP contribution in [0.3, 0.4) is 0 Å². The first-order chi connectivity index (χ1) is 12.7. The van der Waals surface area contributed by atoms with Crippen LogP contribution in [0.5, 0.6) is 0 Å². The zero-order valence-corrected chi connectivity index (χ0v) is 16.0. The molecule has 0 aliphatic carbocycles. The van der Waals surface area contributed by atoms with E-state index in [1.807, 2.05) is 18.2 Å². The maximum absolute atomic E-state index is 12.2. The number of aromatic nitrogens is 1. The fraction of sp³-hybridized carbons (Fsp3) is 0.143. The summed E-state index contributed by atoms with van der Waals surface area (Å²) in [4.78, 5) is 18.0. The number of hydrogen-bond donors (Lipinski definition) is 1.